The number of anilines is 2. The van der Waals surface area contributed by atoms with Crippen LogP contribution in [0, 0.1) is 0 Å². The summed E-state index contributed by atoms with van der Waals surface area (Å²) in [7, 11) is 1.67. The number of benzene rings is 1. The summed E-state index contributed by atoms with van der Waals surface area (Å²) < 4.78 is 5.22. The molecular weight excluding hydrogens is 352 g/mol. The van der Waals surface area contributed by atoms with E-state index in [1.807, 2.05) is 23.1 Å². The second kappa shape index (κ2) is 9.97. The zero-order valence-electron chi connectivity index (χ0n) is 16.9. The molecule has 150 valence electrons. The molecule has 6 heteroatoms. The Balaban J connectivity index is 1.54. The zero-order valence-corrected chi connectivity index (χ0v) is 16.9. The van der Waals surface area contributed by atoms with Crippen LogP contribution in [0.1, 0.15) is 36.5 Å². The molecule has 2 aromatic rings. The third-order valence-corrected chi connectivity index (χ3v) is 5.10. The molecule has 0 spiro atoms. The van der Waals surface area contributed by atoms with E-state index in [1.165, 1.54) is 12.8 Å². The van der Waals surface area contributed by atoms with E-state index in [9.17, 15) is 4.79 Å². The molecule has 1 aliphatic heterocycles. The van der Waals surface area contributed by atoms with Crippen molar-refractivity contribution in [1.29, 1.82) is 0 Å². The molecule has 0 unspecified atom stereocenters. The van der Waals surface area contributed by atoms with Gasteiger partial charge in [0, 0.05) is 50.8 Å². The number of nitrogens with zero attached hydrogens (tertiary/aromatic N) is 3. The molecule has 1 amide bonds. The van der Waals surface area contributed by atoms with Crippen molar-refractivity contribution in [2.24, 2.45) is 0 Å². The summed E-state index contributed by atoms with van der Waals surface area (Å²) in [5, 5.41) is 3.36. The van der Waals surface area contributed by atoms with Gasteiger partial charge in [-0.15, -0.1) is 0 Å². The molecule has 0 aliphatic carbocycles. The number of nitrogens with one attached hydrogen (secondary N) is 1. The van der Waals surface area contributed by atoms with E-state index in [0.717, 1.165) is 43.2 Å². The molecule has 28 heavy (non-hydrogen) atoms. The van der Waals surface area contributed by atoms with Gasteiger partial charge in [0.05, 0.1) is 18.4 Å². The molecule has 1 fully saturated rings. The number of methoxy groups -OCH3 is 1. The number of ether oxygens (including phenoxy) is 1. The van der Waals surface area contributed by atoms with E-state index in [2.05, 4.69) is 34.3 Å². The zero-order chi connectivity index (χ0) is 19.8. The minimum absolute atomic E-state index is 0.0547. The molecule has 1 aromatic carbocycles. The highest BCUT2D eigenvalue weighted by molar-refractivity contribution is 5.95. The van der Waals surface area contributed by atoms with Gasteiger partial charge in [0.1, 0.15) is 5.75 Å². The number of carbonyl (C=O) groups excluding carboxylic acids is 1. The maximum Gasteiger partial charge on any atom is 0.255 e. The van der Waals surface area contributed by atoms with E-state index in [4.69, 9.17) is 4.74 Å². The van der Waals surface area contributed by atoms with Crippen LogP contribution >= 0.6 is 0 Å². The SMILES string of the molecule is CCCCCNc1cncc(C(=O)N2CCN(c3ccc(OC)cc3)CC2)c1. The van der Waals surface area contributed by atoms with Gasteiger partial charge in [-0.25, -0.2) is 0 Å². The van der Waals surface area contributed by atoms with E-state index in [1.54, 1.807) is 19.5 Å². The third kappa shape index (κ3) is 5.15. The highest BCUT2D eigenvalue weighted by Gasteiger charge is 2.22. The van der Waals surface area contributed by atoms with Gasteiger partial charge in [0.2, 0.25) is 0 Å². The first kappa shape index (κ1) is 20.0. The average molecular weight is 383 g/mol. The minimum atomic E-state index is 0.0547. The highest BCUT2D eigenvalue weighted by atomic mass is 16.5. The van der Waals surface area contributed by atoms with E-state index >= 15 is 0 Å². The number of unbranched alkanes of at least 4 members (excludes halogenated alkanes) is 2. The number of aromatic nitrogens is 1. The van der Waals surface area contributed by atoms with Gasteiger partial charge in [0.15, 0.2) is 0 Å². The van der Waals surface area contributed by atoms with Gasteiger partial charge < -0.3 is 19.9 Å². The van der Waals surface area contributed by atoms with Crippen molar-refractivity contribution < 1.29 is 9.53 Å². The molecule has 6 nitrogen and oxygen atoms in total. The van der Waals surface area contributed by atoms with Crippen molar-refractivity contribution in [2.75, 3.05) is 50.1 Å². The Labute approximate surface area is 167 Å². The molecule has 3 rings (SSSR count). The molecule has 2 heterocycles. The van der Waals surface area contributed by atoms with Crippen LogP contribution in [0.5, 0.6) is 5.75 Å². The van der Waals surface area contributed by atoms with Crippen molar-refractivity contribution >= 4 is 17.3 Å². The molecule has 1 aliphatic rings. The van der Waals surface area contributed by atoms with Crippen molar-refractivity contribution in [3.05, 3.63) is 48.3 Å². The van der Waals surface area contributed by atoms with Gasteiger partial charge in [0.25, 0.3) is 5.91 Å². The summed E-state index contributed by atoms with van der Waals surface area (Å²) in [6.45, 7) is 6.15. The predicted molar refractivity (Wildman–Crippen MR) is 113 cm³/mol. The average Bonchev–Trinajstić information content (AvgIpc) is 2.77. The van der Waals surface area contributed by atoms with Crippen LogP contribution in [0.3, 0.4) is 0 Å². The number of rotatable bonds is 8. The van der Waals surface area contributed by atoms with Crippen LogP contribution in [0.4, 0.5) is 11.4 Å². The Bertz CT molecular complexity index is 755. The fourth-order valence-electron chi connectivity index (χ4n) is 3.40. The lowest BCUT2D eigenvalue weighted by atomic mass is 10.2. The number of pyridine rings is 1. The van der Waals surface area contributed by atoms with Crippen LogP contribution in [0.15, 0.2) is 42.7 Å². The predicted octanol–water partition coefficient (Wildman–Crippen LogP) is 3.65. The van der Waals surface area contributed by atoms with Gasteiger partial charge in [-0.1, -0.05) is 19.8 Å². The molecular formula is C22H30N4O2. The summed E-state index contributed by atoms with van der Waals surface area (Å²) in [4.78, 5) is 21.3. The first-order valence-electron chi connectivity index (χ1n) is 10.1. The lowest BCUT2D eigenvalue weighted by molar-refractivity contribution is 0.0746. The van der Waals surface area contributed by atoms with Crippen molar-refractivity contribution in [3.8, 4) is 5.75 Å². The summed E-state index contributed by atoms with van der Waals surface area (Å²) in [6.07, 6.45) is 6.97. The quantitative estimate of drug-likeness (QED) is 0.706. The molecule has 0 saturated carbocycles. The number of carbonyl (C=O) groups is 1. The smallest absolute Gasteiger partial charge is 0.255 e. The lowest BCUT2D eigenvalue weighted by Crippen LogP contribution is -2.48. The van der Waals surface area contributed by atoms with Gasteiger partial charge in [-0.05, 0) is 36.8 Å². The maximum absolute atomic E-state index is 12.9. The maximum atomic E-state index is 12.9. The number of piperazine rings is 1. The number of amides is 1. The Hall–Kier alpha value is -2.76. The van der Waals surface area contributed by atoms with Crippen LogP contribution in [0.25, 0.3) is 0 Å². The fourth-order valence-corrected chi connectivity index (χ4v) is 3.40. The number of hydrogen-bond acceptors (Lipinski definition) is 5. The first-order valence-corrected chi connectivity index (χ1v) is 10.1. The largest absolute Gasteiger partial charge is 0.497 e. The monoisotopic (exact) mass is 382 g/mol. The Morgan fingerprint density at radius 1 is 1.11 bits per heavy atom. The Kier molecular flexibility index (Phi) is 7.12. The first-order chi connectivity index (χ1) is 13.7. The third-order valence-electron chi connectivity index (χ3n) is 5.10. The topological polar surface area (TPSA) is 57.7 Å². The standard InChI is InChI=1S/C22H30N4O2/c1-3-4-5-10-24-19-15-18(16-23-17-19)22(27)26-13-11-25(12-14-26)20-6-8-21(28-2)9-7-20/h6-9,15-17,24H,3-5,10-14H2,1-2H3. The van der Waals surface area contributed by atoms with Crippen molar-refractivity contribution in [3.63, 3.8) is 0 Å². The summed E-state index contributed by atoms with van der Waals surface area (Å²) in [5.41, 5.74) is 2.73. The van der Waals surface area contributed by atoms with Crippen LogP contribution in [-0.2, 0) is 0 Å². The summed E-state index contributed by atoms with van der Waals surface area (Å²) in [6, 6.07) is 9.98. The molecule has 0 bridgehead atoms. The van der Waals surface area contributed by atoms with Gasteiger partial charge in [-0.2, -0.15) is 0 Å². The second-order valence-corrected chi connectivity index (χ2v) is 7.07. The lowest BCUT2D eigenvalue weighted by Gasteiger charge is -2.36. The van der Waals surface area contributed by atoms with Gasteiger partial charge >= 0.3 is 0 Å². The fraction of sp³-hybridized carbons (Fsp3) is 0.455. The highest BCUT2D eigenvalue weighted by Crippen LogP contribution is 2.21. The van der Waals surface area contributed by atoms with Crippen molar-refractivity contribution in [1.82, 2.24) is 9.88 Å². The Morgan fingerprint density at radius 3 is 2.54 bits per heavy atom. The second-order valence-electron chi connectivity index (χ2n) is 7.07. The van der Waals surface area contributed by atoms with Gasteiger partial charge in [-0.3, -0.25) is 9.78 Å². The molecule has 1 N–H and O–H groups in total. The summed E-state index contributed by atoms with van der Waals surface area (Å²) in [5.74, 6) is 0.910. The molecule has 1 aromatic heterocycles. The van der Waals surface area contributed by atoms with Crippen LogP contribution in [-0.4, -0.2) is 55.6 Å². The summed E-state index contributed by atoms with van der Waals surface area (Å²) >= 11 is 0. The number of hydrogen-bond donors (Lipinski definition) is 1. The Morgan fingerprint density at radius 2 is 1.86 bits per heavy atom. The van der Waals surface area contributed by atoms with E-state index in [0.29, 0.717) is 18.7 Å². The molecule has 1 saturated heterocycles. The molecule has 0 atom stereocenters. The van der Waals surface area contributed by atoms with E-state index < -0.39 is 0 Å². The van der Waals surface area contributed by atoms with E-state index in [-0.39, 0.29) is 5.91 Å². The van der Waals surface area contributed by atoms with Crippen LogP contribution < -0.4 is 15.0 Å². The minimum Gasteiger partial charge on any atom is -0.497 e. The normalized spacial score (nSPS) is 14.1. The van der Waals surface area contributed by atoms with Crippen LogP contribution in [0.2, 0.25) is 0 Å². The van der Waals surface area contributed by atoms with Crippen molar-refractivity contribution in [2.45, 2.75) is 26.2 Å². The molecule has 0 radical (unpaired) electrons.